The minimum Gasteiger partial charge on any atom is -0.496 e. The molecule has 1 atom stereocenters. The van der Waals surface area contributed by atoms with Gasteiger partial charge in [-0.2, -0.15) is 0 Å². The molecule has 2 aromatic carbocycles. The van der Waals surface area contributed by atoms with Gasteiger partial charge < -0.3 is 10.1 Å². The zero-order valence-electron chi connectivity index (χ0n) is 13.0. The van der Waals surface area contributed by atoms with Crippen molar-refractivity contribution in [1.82, 2.24) is 5.32 Å². The molecule has 0 aromatic heterocycles. The van der Waals surface area contributed by atoms with E-state index in [-0.39, 0.29) is 6.04 Å². The molecule has 112 valence electrons. The Bertz CT molecular complexity index is 604. The fourth-order valence-electron chi connectivity index (χ4n) is 2.64. The van der Waals surface area contributed by atoms with E-state index in [9.17, 15) is 0 Å². The smallest absolute Gasteiger partial charge is 0.121 e. The number of hydrogen-bond acceptors (Lipinski definition) is 2. The van der Waals surface area contributed by atoms with E-state index in [1.54, 1.807) is 7.11 Å². The van der Waals surface area contributed by atoms with Crippen molar-refractivity contribution in [2.24, 2.45) is 0 Å². The Morgan fingerprint density at radius 1 is 1.10 bits per heavy atom. The molecule has 2 rings (SSSR count). The average molecular weight is 348 g/mol. The van der Waals surface area contributed by atoms with E-state index < -0.39 is 0 Å². The first-order valence-electron chi connectivity index (χ1n) is 7.20. The van der Waals surface area contributed by atoms with Gasteiger partial charge in [0.2, 0.25) is 0 Å². The number of methoxy groups -OCH3 is 1. The van der Waals surface area contributed by atoms with Crippen LogP contribution in [0.2, 0.25) is 0 Å². The summed E-state index contributed by atoms with van der Waals surface area (Å²) in [6.07, 6.45) is 0. The van der Waals surface area contributed by atoms with Crippen molar-refractivity contribution in [3.8, 4) is 5.75 Å². The fourth-order valence-corrected chi connectivity index (χ4v) is 3.27. The molecule has 0 aliphatic carbocycles. The molecule has 0 radical (unpaired) electrons. The van der Waals surface area contributed by atoms with E-state index in [0.29, 0.717) is 0 Å². The van der Waals surface area contributed by atoms with Gasteiger partial charge in [-0.05, 0) is 60.8 Å². The molecule has 0 fully saturated rings. The summed E-state index contributed by atoms with van der Waals surface area (Å²) in [5.41, 5.74) is 4.94. The fraction of sp³-hybridized carbons (Fsp3) is 0.333. The number of ether oxygens (including phenoxy) is 1. The van der Waals surface area contributed by atoms with Crippen LogP contribution in [0, 0.1) is 13.8 Å². The largest absolute Gasteiger partial charge is 0.496 e. The van der Waals surface area contributed by atoms with Gasteiger partial charge in [0, 0.05) is 4.47 Å². The predicted molar refractivity (Wildman–Crippen MR) is 92.1 cm³/mol. The van der Waals surface area contributed by atoms with E-state index in [4.69, 9.17) is 4.74 Å². The number of aryl methyl sites for hydroxylation is 2. The second-order valence-corrected chi connectivity index (χ2v) is 6.20. The molecule has 1 unspecified atom stereocenters. The lowest BCUT2D eigenvalue weighted by Crippen LogP contribution is -2.22. The summed E-state index contributed by atoms with van der Waals surface area (Å²) in [6, 6.07) is 13.1. The first kappa shape index (κ1) is 16.1. The average Bonchev–Trinajstić information content (AvgIpc) is 2.43. The molecule has 0 aliphatic rings. The quantitative estimate of drug-likeness (QED) is 0.840. The van der Waals surface area contributed by atoms with Gasteiger partial charge in [-0.3, -0.25) is 0 Å². The van der Waals surface area contributed by atoms with Crippen molar-refractivity contribution >= 4 is 15.9 Å². The molecule has 0 saturated carbocycles. The number of hydrogen-bond donors (Lipinski definition) is 1. The van der Waals surface area contributed by atoms with E-state index >= 15 is 0 Å². The molecule has 1 N–H and O–H groups in total. The standard InChI is InChI=1S/C18H22BrNO/c1-5-20-18(15-8-12(2)9-16(19)11-15)14-6-7-17(21-4)13(3)10-14/h6-11,18,20H,5H2,1-4H3. The van der Waals surface area contributed by atoms with Crippen LogP contribution in [0.3, 0.4) is 0 Å². The molecule has 2 nitrogen and oxygen atoms in total. The van der Waals surface area contributed by atoms with Crippen molar-refractivity contribution in [2.75, 3.05) is 13.7 Å². The molecule has 2 aromatic rings. The van der Waals surface area contributed by atoms with Gasteiger partial charge in [-0.1, -0.05) is 41.1 Å². The van der Waals surface area contributed by atoms with Crippen molar-refractivity contribution in [2.45, 2.75) is 26.8 Å². The summed E-state index contributed by atoms with van der Waals surface area (Å²) >= 11 is 3.59. The Morgan fingerprint density at radius 2 is 1.86 bits per heavy atom. The van der Waals surface area contributed by atoms with Gasteiger partial charge in [0.15, 0.2) is 0 Å². The molecule has 21 heavy (non-hydrogen) atoms. The van der Waals surface area contributed by atoms with Crippen LogP contribution in [0.1, 0.15) is 35.2 Å². The van der Waals surface area contributed by atoms with Crippen LogP contribution in [0.5, 0.6) is 5.75 Å². The van der Waals surface area contributed by atoms with Gasteiger partial charge in [0.1, 0.15) is 5.75 Å². The van der Waals surface area contributed by atoms with Gasteiger partial charge in [0.05, 0.1) is 13.2 Å². The minimum absolute atomic E-state index is 0.191. The lowest BCUT2D eigenvalue weighted by molar-refractivity contribution is 0.411. The minimum atomic E-state index is 0.191. The maximum absolute atomic E-state index is 5.36. The van der Waals surface area contributed by atoms with Crippen LogP contribution in [0.4, 0.5) is 0 Å². The summed E-state index contributed by atoms with van der Waals surface area (Å²) < 4.78 is 6.47. The van der Waals surface area contributed by atoms with Crippen LogP contribution < -0.4 is 10.1 Å². The summed E-state index contributed by atoms with van der Waals surface area (Å²) in [6.45, 7) is 7.25. The second kappa shape index (κ2) is 7.10. The third-order valence-corrected chi connectivity index (χ3v) is 4.02. The summed E-state index contributed by atoms with van der Waals surface area (Å²) in [4.78, 5) is 0. The molecule has 0 bridgehead atoms. The van der Waals surface area contributed by atoms with Crippen LogP contribution in [-0.4, -0.2) is 13.7 Å². The van der Waals surface area contributed by atoms with E-state index in [0.717, 1.165) is 22.3 Å². The highest BCUT2D eigenvalue weighted by Crippen LogP contribution is 2.29. The van der Waals surface area contributed by atoms with Crippen molar-refractivity contribution in [1.29, 1.82) is 0 Å². The van der Waals surface area contributed by atoms with E-state index in [2.05, 4.69) is 72.3 Å². The SMILES string of the molecule is CCNC(c1cc(C)cc(Br)c1)c1ccc(OC)c(C)c1. The van der Waals surface area contributed by atoms with E-state index in [1.807, 2.05) is 6.07 Å². The molecule has 0 aliphatic heterocycles. The Hall–Kier alpha value is -1.32. The molecule has 0 heterocycles. The highest BCUT2D eigenvalue weighted by atomic mass is 79.9. The van der Waals surface area contributed by atoms with Crippen LogP contribution >= 0.6 is 15.9 Å². The first-order valence-corrected chi connectivity index (χ1v) is 7.99. The Morgan fingerprint density at radius 3 is 2.43 bits per heavy atom. The lowest BCUT2D eigenvalue weighted by Gasteiger charge is -2.21. The van der Waals surface area contributed by atoms with Gasteiger partial charge in [-0.25, -0.2) is 0 Å². The Balaban J connectivity index is 2.45. The lowest BCUT2D eigenvalue weighted by atomic mass is 9.96. The van der Waals surface area contributed by atoms with Crippen molar-refractivity contribution in [3.63, 3.8) is 0 Å². The van der Waals surface area contributed by atoms with Crippen LogP contribution in [0.25, 0.3) is 0 Å². The third-order valence-electron chi connectivity index (χ3n) is 3.56. The highest BCUT2D eigenvalue weighted by molar-refractivity contribution is 9.10. The predicted octanol–water partition coefficient (Wildman–Crippen LogP) is 4.77. The summed E-state index contributed by atoms with van der Waals surface area (Å²) in [7, 11) is 1.71. The summed E-state index contributed by atoms with van der Waals surface area (Å²) in [5.74, 6) is 0.930. The van der Waals surface area contributed by atoms with Crippen LogP contribution in [0.15, 0.2) is 40.9 Å². The van der Waals surface area contributed by atoms with Gasteiger partial charge >= 0.3 is 0 Å². The zero-order valence-corrected chi connectivity index (χ0v) is 14.6. The number of rotatable bonds is 5. The van der Waals surface area contributed by atoms with Crippen molar-refractivity contribution < 1.29 is 4.74 Å². The van der Waals surface area contributed by atoms with Crippen molar-refractivity contribution in [3.05, 3.63) is 63.1 Å². The van der Waals surface area contributed by atoms with Crippen LogP contribution in [-0.2, 0) is 0 Å². The highest BCUT2D eigenvalue weighted by Gasteiger charge is 2.15. The zero-order chi connectivity index (χ0) is 15.4. The molecule has 3 heteroatoms. The van der Waals surface area contributed by atoms with E-state index in [1.165, 1.54) is 16.7 Å². The molecule has 0 spiro atoms. The van der Waals surface area contributed by atoms with Gasteiger partial charge in [0.25, 0.3) is 0 Å². The molecular formula is C18H22BrNO. The Kier molecular flexibility index (Phi) is 5.43. The molecule has 0 saturated heterocycles. The normalized spacial score (nSPS) is 12.2. The molecule has 0 amide bonds. The first-order chi connectivity index (χ1) is 10.0. The number of benzene rings is 2. The third kappa shape index (κ3) is 3.86. The van der Waals surface area contributed by atoms with Gasteiger partial charge in [-0.15, -0.1) is 0 Å². The maximum atomic E-state index is 5.36. The number of halogens is 1. The summed E-state index contributed by atoms with van der Waals surface area (Å²) in [5, 5.41) is 3.57. The molecular weight excluding hydrogens is 326 g/mol. The monoisotopic (exact) mass is 347 g/mol. The Labute approximate surface area is 135 Å². The second-order valence-electron chi connectivity index (χ2n) is 5.28. The number of nitrogens with one attached hydrogen (secondary N) is 1. The maximum Gasteiger partial charge on any atom is 0.121 e. The topological polar surface area (TPSA) is 21.3 Å².